The van der Waals surface area contributed by atoms with Gasteiger partial charge in [0.15, 0.2) is 0 Å². The van der Waals surface area contributed by atoms with Gasteiger partial charge < -0.3 is 20.1 Å². The van der Waals surface area contributed by atoms with Gasteiger partial charge in [-0.2, -0.15) is 4.40 Å². The fourth-order valence-electron chi connectivity index (χ4n) is 2.92. The number of hydrogen-bond donors (Lipinski definition) is 2. The maximum Gasteiger partial charge on any atom is 0.410 e. The summed E-state index contributed by atoms with van der Waals surface area (Å²) >= 11 is -1.57. The predicted molar refractivity (Wildman–Crippen MR) is 100 cm³/mol. The van der Waals surface area contributed by atoms with Crippen LogP contribution in [0.4, 0.5) is 10.5 Å². The summed E-state index contributed by atoms with van der Waals surface area (Å²) in [5.74, 6) is 0.986. The number of amides is 1. The van der Waals surface area contributed by atoms with Crippen LogP contribution >= 0.6 is 0 Å². The Morgan fingerprint density at radius 2 is 2.23 bits per heavy atom. The Morgan fingerprint density at radius 3 is 2.96 bits per heavy atom. The molecule has 0 spiro atoms. The van der Waals surface area contributed by atoms with Gasteiger partial charge in [-0.25, -0.2) is 9.00 Å². The normalized spacial score (nSPS) is 22.3. The highest BCUT2D eigenvalue weighted by atomic mass is 32.2. The Morgan fingerprint density at radius 1 is 1.46 bits per heavy atom. The number of nitrogens with two attached hydrogens (primary N) is 1. The highest BCUT2D eigenvalue weighted by Gasteiger charge is 2.30. The molecule has 2 aliphatic rings. The van der Waals surface area contributed by atoms with Crippen LogP contribution < -0.4 is 15.2 Å². The summed E-state index contributed by atoms with van der Waals surface area (Å²) in [7, 11) is 0. The molecule has 1 fully saturated rings. The number of carbonyl (C=O) groups is 1. The summed E-state index contributed by atoms with van der Waals surface area (Å²) in [6.45, 7) is 7.26. The number of anilines is 1. The van der Waals surface area contributed by atoms with Crippen LogP contribution in [-0.2, 0) is 15.9 Å². The molecule has 0 bridgehead atoms. The quantitative estimate of drug-likeness (QED) is 0.834. The van der Waals surface area contributed by atoms with Crippen molar-refractivity contribution < 1.29 is 18.5 Å². The third-order valence-electron chi connectivity index (χ3n) is 4.07. The van der Waals surface area contributed by atoms with Gasteiger partial charge in [0.1, 0.15) is 17.2 Å². The number of nitrogens with one attached hydrogen (secondary N) is 1. The molecule has 3 rings (SSSR count). The SMILES string of the molecule is CC(C)(C)OC(=O)N1CCC(COc2cccc3c2C(N)=NS(=O)N3)C1. The molecule has 2 heterocycles. The zero-order valence-corrected chi connectivity index (χ0v) is 16.0. The van der Waals surface area contributed by atoms with Gasteiger partial charge in [0, 0.05) is 19.0 Å². The third kappa shape index (κ3) is 4.27. The van der Waals surface area contributed by atoms with E-state index in [2.05, 4.69) is 9.12 Å². The standard InChI is InChI=1S/C17H24N4O4S/c1-17(2,3)25-16(22)21-8-7-11(9-21)10-24-13-6-4-5-12-14(13)15(18)20-26(23)19-12/h4-6,11,19H,7-10H2,1-3H3,(H2,18,20). The van der Waals surface area contributed by atoms with Crippen molar-refractivity contribution in [3.63, 3.8) is 0 Å². The van der Waals surface area contributed by atoms with E-state index in [1.54, 1.807) is 23.1 Å². The second-order valence-electron chi connectivity index (χ2n) is 7.40. The molecule has 2 aliphatic heterocycles. The number of fused-ring (bicyclic) bond motifs is 1. The Bertz CT molecular complexity index is 760. The lowest BCUT2D eigenvalue weighted by atomic mass is 10.1. The molecule has 0 aromatic heterocycles. The number of likely N-dealkylation sites (tertiary alicyclic amines) is 1. The van der Waals surface area contributed by atoms with E-state index in [0.717, 1.165) is 6.42 Å². The summed E-state index contributed by atoms with van der Waals surface area (Å²) in [6, 6.07) is 5.39. The van der Waals surface area contributed by atoms with Gasteiger partial charge in [0.2, 0.25) is 11.2 Å². The molecule has 3 N–H and O–H groups in total. The Hall–Kier alpha value is -2.29. The van der Waals surface area contributed by atoms with Crippen molar-refractivity contribution in [1.29, 1.82) is 0 Å². The minimum atomic E-state index is -1.57. The van der Waals surface area contributed by atoms with Crippen molar-refractivity contribution in [3.05, 3.63) is 23.8 Å². The molecule has 142 valence electrons. The molecule has 1 aromatic carbocycles. The van der Waals surface area contributed by atoms with Crippen LogP contribution in [0.3, 0.4) is 0 Å². The van der Waals surface area contributed by atoms with Crippen LogP contribution in [-0.4, -0.2) is 46.3 Å². The van der Waals surface area contributed by atoms with E-state index in [9.17, 15) is 9.00 Å². The van der Waals surface area contributed by atoms with Crippen molar-refractivity contribution in [2.75, 3.05) is 24.4 Å². The number of carbonyl (C=O) groups excluding carboxylic acids is 1. The van der Waals surface area contributed by atoms with Gasteiger partial charge in [-0.15, -0.1) is 0 Å². The van der Waals surface area contributed by atoms with E-state index < -0.39 is 16.8 Å². The summed E-state index contributed by atoms with van der Waals surface area (Å²) in [5.41, 5.74) is 6.66. The molecule has 1 amide bonds. The number of ether oxygens (including phenoxy) is 2. The zero-order chi connectivity index (χ0) is 18.9. The minimum Gasteiger partial charge on any atom is -0.492 e. The molecule has 1 aromatic rings. The topological polar surface area (TPSA) is 106 Å². The van der Waals surface area contributed by atoms with Gasteiger partial charge in [0.25, 0.3) is 0 Å². The van der Waals surface area contributed by atoms with E-state index in [4.69, 9.17) is 15.2 Å². The summed E-state index contributed by atoms with van der Waals surface area (Å²) in [5, 5.41) is 0. The maximum absolute atomic E-state index is 12.1. The van der Waals surface area contributed by atoms with Crippen LogP contribution in [0, 0.1) is 5.92 Å². The molecule has 0 radical (unpaired) electrons. The monoisotopic (exact) mass is 380 g/mol. The van der Waals surface area contributed by atoms with Crippen molar-refractivity contribution in [3.8, 4) is 5.75 Å². The summed E-state index contributed by atoms with van der Waals surface area (Å²) in [4.78, 5) is 13.8. The molecule has 9 heteroatoms. The van der Waals surface area contributed by atoms with Crippen molar-refractivity contribution in [1.82, 2.24) is 4.90 Å². The number of rotatable bonds is 3. The fraction of sp³-hybridized carbons (Fsp3) is 0.529. The lowest BCUT2D eigenvalue weighted by Crippen LogP contribution is -2.35. The second kappa shape index (κ2) is 7.14. The Balaban J connectivity index is 1.60. The highest BCUT2D eigenvalue weighted by Crippen LogP contribution is 2.30. The van der Waals surface area contributed by atoms with Gasteiger partial charge in [-0.05, 0) is 39.3 Å². The molecule has 26 heavy (non-hydrogen) atoms. The van der Waals surface area contributed by atoms with Gasteiger partial charge in [0.05, 0.1) is 17.9 Å². The van der Waals surface area contributed by atoms with E-state index in [0.29, 0.717) is 36.7 Å². The van der Waals surface area contributed by atoms with Gasteiger partial charge in [-0.1, -0.05) is 6.07 Å². The zero-order valence-electron chi connectivity index (χ0n) is 15.2. The number of benzene rings is 1. The lowest BCUT2D eigenvalue weighted by Gasteiger charge is -2.24. The van der Waals surface area contributed by atoms with Crippen LogP contribution in [0.2, 0.25) is 0 Å². The summed E-state index contributed by atoms with van der Waals surface area (Å²) < 4.78 is 29.5. The van der Waals surface area contributed by atoms with E-state index >= 15 is 0 Å². The number of nitrogens with zero attached hydrogens (tertiary/aromatic N) is 2. The molecular weight excluding hydrogens is 356 g/mol. The van der Waals surface area contributed by atoms with Crippen LogP contribution in [0.15, 0.2) is 22.6 Å². The van der Waals surface area contributed by atoms with Crippen molar-refractivity contribution >= 4 is 28.8 Å². The molecule has 0 aliphatic carbocycles. The van der Waals surface area contributed by atoms with Crippen molar-refractivity contribution in [2.24, 2.45) is 16.0 Å². The average molecular weight is 380 g/mol. The van der Waals surface area contributed by atoms with Gasteiger partial charge in [-0.3, -0.25) is 4.72 Å². The average Bonchev–Trinajstić information content (AvgIpc) is 2.99. The first-order valence-electron chi connectivity index (χ1n) is 8.50. The largest absolute Gasteiger partial charge is 0.492 e. The molecule has 2 unspecified atom stereocenters. The highest BCUT2D eigenvalue weighted by molar-refractivity contribution is 7.85. The van der Waals surface area contributed by atoms with E-state index in [1.807, 2.05) is 20.8 Å². The van der Waals surface area contributed by atoms with Gasteiger partial charge >= 0.3 is 6.09 Å². The molecule has 1 saturated heterocycles. The maximum atomic E-state index is 12.1. The van der Waals surface area contributed by atoms with Crippen LogP contribution in [0.25, 0.3) is 0 Å². The number of hydrogen-bond acceptors (Lipinski definition) is 5. The molecular formula is C17H24N4O4S. The molecule has 8 nitrogen and oxygen atoms in total. The Kier molecular flexibility index (Phi) is 5.08. The first kappa shape index (κ1) is 18.5. The number of amidine groups is 1. The smallest absolute Gasteiger partial charge is 0.410 e. The molecule has 0 saturated carbocycles. The predicted octanol–water partition coefficient (Wildman–Crippen LogP) is 2.03. The minimum absolute atomic E-state index is 0.189. The molecule has 2 atom stereocenters. The van der Waals surface area contributed by atoms with Crippen LogP contribution in [0.5, 0.6) is 5.75 Å². The van der Waals surface area contributed by atoms with E-state index in [-0.39, 0.29) is 17.8 Å². The fourth-order valence-corrected chi connectivity index (χ4v) is 3.59. The van der Waals surface area contributed by atoms with E-state index in [1.165, 1.54) is 0 Å². The Labute approximate surface area is 155 Å². The first-order chi connectivity index (χ1) is 12.2. The summed E-state index contributed by atoms with van der Waals surface area (Å²) in [6.07, 6.45) is 0.556. The second-order valence-corrected chi connectivity index (χ2v) is 8.28. The first-order valence-corrected chi connectivity index (χ1v) is 9.60. The lowest BCUT2D eigenvalue weighted by molar-refractivity contribution is 0.0285. The third-order valence-corrected chi connectivity index (χ3v) is 4.83. The van der Waals surface area contributed by atoms with Crippen molar-refractivity contribution in [2.45, 2.75) is 32.8 Å². The van der Waals surface area contributed by atoms with Crippen LogP contribution in [0.1, 0.15) is 32.8 Å².